The second-order valence-electron chi connectivity index (χ2n) is 6.92. The number of imidazole rings is 1. The van der Waals surface area contributed by atoms with Crippen LogP contribution in [-0.4, -0.2) is 20.5 Å². The average molecular weight is 334 g/mol. The molecule has 0 saturated carbocycles. The lowest BCUT2D eigenvalue weighted by atomic mass is 9.89. The summed E-state index contributed by atoms with van der Waals surface area (Å²) in [6.07, 6.45) is 7.38. The molecule has 0 radical (unpaired) electrons. The predicted octanol–water partition coefficient (Wildman–Crippen LogP) is 4.21. The second-order valence-corrected chi connectivity index (χ2v) is 6.92. The van der Waals surface area contributed by atoms with Gasteiger partial charge in [0.15, 0.2) is 0 Å². The molecule has 128 valence electrons. The molecule has 0 saturated heterocycles. The van der Waals surface area contributed by atoms with E-state index in [1.54, 1.807) is 0 Å². The van der Waals surface area contributed by atoms with E-state index in [4.69, 9.17) is 10.1 Å². The molecule has 2 heterocycles. The maximum absolute atomic E-state index is 11.1. The number of hydrogen-bond acceptors (Lipinski definition) is 2. The summed E-state index contributed by atoms with van der Waals surface area (Å²) in [5, 5.41) is 9.12. The number of fused-ring (bicyclic) bond motifs is 2. The first-order valence-electron chi connectivity index (χ1n) is 8.93. The van der Waals surface area contributed by atoms with Crippen LogP contribution >= 0.6 is 0 Å². The van der Waals surface area contributed by atoms with E-state index in [1.807, 2.05) is 29.7 Å². The summed E-state index contributed by atoms with van der Waals surface area (Å²) in [6, 6.07) is 10.7. The molecule has 0 aliphatic heterocycles. The van der Waals surface area contributed by atoms with Crippen molar-refractivity contribution in [2.24, 2.45) is 0 Å². The Hall–Kier alpha value is -2.62. The second kappa shape index (κ2) is 6.36. The number of pyridine rings is 1. The highest BCUT2D eigenvalue weighted by Crippen LogP contribution is 2.30. The summed E-state index contributed by atoms with van der Waals surface area (Å²) in [4.78, 5) is 15.9. The van der Waals surface area contributed by atoms with E-state index in [0.29, 0.717) is 6.42 Å². The summed E-state index contributed by atoms with van der Waals surface area (Å²) >= 11 is 0. The van der Waals surface area contributed by atoms with Crippen LogP contribution in [0.5, 0.6) is 0 Å². The SMILES string of the molecule is Cc1ccn2c(CCC(=O)O)c(-c3ccc4c(c3)CCCC4)nc2c1. The maximum Gasteiger partial charge on any atom is 0.303 e. The summed E-state index contributed by atoms with van der Waals surface area (Å²) in [6.45, 7) is 2.05. The summed E-state index contributed by atoms with van der Waals surface area (Å²) in [5.74, 6) is -0.779. The van der Waals surface area contributed by atoms with Crippen molar-refractivity contribution in [1.82, 2.24) is 9.38 Å². The third-order valence-corrected chi connectivity index (χ3v) is 5.08. The minimum absolute atomic E-state index is 0.111. The number of nitrogens with zero attached hydrogens (tertiary/aromatic N) is 2. The van der Waals surface area contributed by atoms with Crippen LogP contribution in [0.15, 0.2) is 36.5 Å². The van der Waals surface area contributed by atoms with E-state index < -0.39 is 5.97 Å². The maximum atomic E-state index is 11.1. The number of carbonyl (C=O) groups is 1. The number of rotatable bonds is 4. The van der Waals surface area contributed by atoms with Gasteiger partial charge >= 0.3 is 5.97 Å². The van der Waals surface area contributed by atoms with Crippen molar-refractivity contribution in [1.29, 1.82) is 0 Å². The zero-order chi connectivity index (χ0) is 17.4. The van der Waals surface area contributed by atoms with Crippen LogP contribution in [0.2, 0.25) is 0 Å². The Morgan fingerprint density at radius 3 is 2.76 bits per heavy atom. The van der Waals surface area contributed by atoms with Crippen molar-refractivity contribution in [3.63, 3.8) is 0 Å². The number of hydrogen-bond donors (Lipinski definition) is 1. The minimum atomic E-state index is -0.779. The molecular formula is C21H22N2O2. The van der Waals surface area contributed by atoms with Gasteiger partial charge in [-0.1, -0.05) is 12.1 Å². The first-order valence-corrected chi connectivity index (χ1v) is 8.93. The topological polar surface area (TPSA) is 54.6 Å². The van der Waals surface area contributed by atoms with E-state index in [0.717, 1.165) is 41.0 Å². The Labute approximate surface area is 147 Å². The molecule has 0 bridgehead atoms. The van der Waals surface area contributed by atoms with Crippen LogP contribution in [0.1, 0.15) is 41.6 Å². The Morgan fingerprint density at radius 1 is 1.16 bits per heavy atom. The van der Waals surface area contributed by atoms with Crippen molar-refractivity contribution >= 4 is 11.6 Å². The smallest absolute Gasteiger partial charge is 0.303 e. The van der Waals surface area contributed by atoms with Gasteiger partial charge in [-0.15, -0.1) is 0 Å². The van der Waals surface area contributed by atoms with E-state index in [9.17, 15) is 4.79 Å². The van der Waals surface area contributed by atoms with Crippen LogP contribution in [0.25, 0.3) is 16.9 Å². The van der Waals surface area contributed by atoms with Crippen LogP contribution < -0.4 is 0 Å². The van der Waals surface area contributed by atoms with Gasteiger partial charge in [-0.3, -0.25) is 4.79 Å². The number of benzene rings is 1. The third kappa shape index (κ3) is 3.04. The molecule has 1 aliphatic carbocycles. The molecule has 1 aromatic carbocycles. The summed E-state index contributed by atoms with van der Waals surface area (Å²) < 4.78 is 2.03. The molecule has 4 rings (SSSR count). The van der Waals surface area contributed by atoms with E-state index in [2.05, 4.69) is 18.2 Å². The molecule has 0 spiro atoms. The molecule has 4 heteroatoms. The van der Waals surface area contributed by atoms with Gasteiger partial charge in [0.2, 0.25) is 0 Å². The highest BCUT2D eigenvalue weighted by atomic mass is 16.4. The van der Waals surface area contributed by atoms with Crippen LogP contribution in [0, 0.1) is 6.92 Å². The van der Waals surface area contributed by atoms with E-state index >= 15 is 0 Å². The summed E-state index contributed by atoms with van der Waals surface area (Å²) in [5.41, 5.74) is 7.89. The molecule has 2 aromatic heterocycles. The van der Waals surface area contributed by atoms with E-state index in [1.165, 1.54) is 24.0 Å². The molecule has 0 atom stereocenters. The van der Waals surface area contributed by atoms with Crippen molar-refractivity contribution in [3.8, 4) is 11.3 Å². The first-order chi connectivity index (χ1) is 12.1. The third-order valence-electron chi connectivity index (χ3n) is 5.08. The molecule has 0 fully saturated rings. The molecule has 4 nitrogen and oxygen atoms in total. The highest BCUT2D eigenvalue weighted by molar-refractivity contribution is 5.71. The van der Waals surface area contributed by atoms with Gasteiger partial charge in [0.1, 0.15) is 5.65 Å². The van der Waals surface area contributed by atoms with Crippen LogP contribution in [0.3, 0.4) is 0 Å². The van der Waals surface area contributed by atoms with Gasteiger partial charge in [-0.2, -0.15) is 0 Å². The number of aryl methyl sites for hydroxylation is 4. The molecular weight excluding hydrogens is 312 g/mol. The van der Waals surface area contributed by atoms with Gasteiger partial charge in [0.25, 0.3) is 0 Å². The van der Waals surface area contributed by atoms with Crippen LogP contribution in [-0.2, 0) is 24.1 Å². The Bertz CT molecular complexity index is 956. The van der Waals surface area contributed by atoms with Crippen molar-refractivity contribution < 1.29 is 9.90 Å². The molecule has 1 N–H and O–H groups in total. The fourth-order valence-electron chi connectivity index (χ4n) is 3.77. The molecule has 25 heavy (non-hydrogen) atoms. The Balaban J connectivity index is 1.84. The number of carboxylic acid groups (broad SMARTS) is 1. The highest BCUT2D eigenvalue weighted by Gasteiger charge is 2.17. The Kier molecular flexibility index (Phi) is 4.04. The molecule has 3 aromatic rings. The van der Waals surface area contributed by atoms with Crippen molar-refractivity contribution in [3.05, 3.63) is 58.9 Å². The zero-order valence-corrected chi connectivity index (χ0v) is 14.5. The normalized spacial score (nSPS) is 13.8. The first kappa shape index (κ1) is 15.9. The van der Waals surface area contributed by atoms with Gasteiger partial charge in [0, 0.05) is 18.2 Å². The lowest BCUT2D eigenvalue weighted by Crippen LogP contribution is -2.04. The lowest BCUT2D eigenvalue weighted by Gasteiger charge is -2.16. The molecule has 0 amide bonds. The van der Waals surface area contributed by atoms with E-state index in [-0.39, 0.29) is 6.42 Å². The van der Waals surface area contributed by atoms with Crippen molar-refractivity contribution in [2.75, 3.05) is 0 Å². The summed E-state index contributed by atoms with van der Waals surface area (Å²) in [7, 11) is 0. The van der Waals surface area contributed by atoms with Gasteiger partial charge < -0.3 is 9.51 Å². The van der Waals surface area contributed by atoms with Gasteiger partial charge in [-0.05, 0) is 67.5 Å². The largest absolute Gasteiger partial charge is 0.481 e. The number of carboxylic acids is 1. The minimum Gasteiger partial charge on any atom is -0.481 e. The Morgan fingerprint density at radius 2 is 1.96 bits per heavy atom. The monoisotopic (exact) mass is 334 g/mol. The van der Waals surface area contributed by atoms with Gasteiger partial charge in [-0.25, -0.2) is 4.98 Å². The molecule has 0 unspecified atom stereocenters. The molecule has 1 aliphatic rings. The standard InChI is InChI=1S/C21H22N2O2/c1-14-10-11-23-18(8-9-20(24)25)21(22-19(23)12-14)17-7-6-15-4-2-3-5-16(15)13-17/h6-7,10-13H,2-5,8-9H2,1H3,(H,24,25). The van der Waals surface area contributed by atoms with Crippen LogP contribution in [0.4, 0.5) is 0 Å². The lowest BCUT2D eigenvalue weighted by molar-refractivity contribution is -0.136. The quantitative estimate of drug-likeness (QED) is 0.778. The van der Waals surface area contributed by atoms with Gasteiger partial charge in [0.05, 0.1) is 17.8 Å². The average Bonchev–Trinajstić information content (AvgIpc) is 2.97. The predicted molar refractivity (Wildman–Crippen MR) is 98.0 cm³/mol. The van der Waals surface area contributed by atoms with Crippen molar-refractivity contribution in [2.45, 2.75) is 45.4 Å². The fourth-order valence-corrected chi connectivity index (χ4v) is 3.77. The fraction of sp³-hybridized carbons (Fsp3) is 0.333. The zero-order valence-electron chi connectivity index (χ0n) is 14.5. The number of aliphatic carboxylic acids is 1. The number of aromatic nitrogens is 2.